The highest BCUT2D eigenvalue weighted by Crippen LogP contribution is 2.33. The van der Waals surface area contributed by atoms with Gasteiger partial charge in [-0.05, 0) is 57.9 Å². The molecule has 0 aliphatic heterocycles. The van der Waals surface area contributed by atoms with Crippen LogP contribution < -0.4 is 15.4 Å². The van der Waals surface area contributed by atoms with Crippen molar-refractivity contribution in [1.82, 2.24) is 4.72 Å². The Morgan fingerprint density at radius 3 is 2.50 bits per heavy atom. The molecule has 1 aliphatic carbocycles. The Balaban J connectivity index is 2.31. The monoisotopic (exact) mass is 297 g/mol. The lowest BCUT2D eigenvalue weighted by molar-refractivity contribution is 0.588. The highest BCUT2D eigenvalue weighted by Gasteiger charge is 2.26. The zero-order chi connectivity index (χ0) is 14.9. The van der Waals surface area contributed by atoms with E-state index in [4.69, 9.17) is 5.73 Å². The summed E-state index contributed by atoms with van der Waals surface area (Å²) in [4.78, 5) is 2.42. The van der Waals surface area contributed by atoms with E-state index in [1.807, 2.05) is 6.07 Å². The van der Waals surface area contributed by atoms with E-state index in [0.29, 0.717) is 11.7 Å². The average molecular weight is 297 g/mol. The number of rotatable bonds is 6. The number of benzene rings is 1. The van der Waals surface area contributed by atoms with Gasteiger partial charge in [-0.1, -0.05) is 0 Å². The van der Waals surface area contributed by atoms with E-state index in [1.54, 1.807) is 12.1 Å². The van der Waals surface area contributed by atoms with Gasteiger partial charge in [-0.15, -0.1) is 0 Å². The zero-order valence-corrected chi connectivity index (χ0v) is 13.1. The Morgan fingerprint density at radius 1 is 1.40 bits per heavy atom. The van der Waals surface area contributed by atoms with Gasteiger partial charge in [0.2, 0.25) is 10.0 Å². The van der Waals surface area contributed by atoms with Crippen LogP contribution in [0.3, 0.4) is 0 Å². The highest BCUT2D eigenvalue weighted by atomic mass is 32.2. The smallest absolute Gasteiger partial charge is 0.242 e. The Labute approximate surface area is 121 Å². The fourth-order valence-electron chi connectivity index (χ4n) is 2.26. The van der Waals surface area contributed by atoms with Crippen molar-refractivity contribution in [1.29, 1.82) is 0 Å². The van der Waals surface area contributed by atoms with Gasteiger partial charge in [0.25, 0.3) is 0 Å². The molecule has 0 heterocycles. The first-order valence-corrected chi connectivity index (χ1v) is 8.43. The van der Waals surface area contributed by atoms with E-state index >= 15 is 0 Å². The third-order valence-corrected chi connectivity index (χ3v) is 5.15. The number of hydrogen-bond donors (Lipinski definition) is 2. The van der Waals surface area contributed by atoms with E-state index in [0.717, 1.165) is 18.2 Å². The number of anilines is 2. The van der Waals surface area contributed by atoms with Crippen LogP contribution in [0.4, 0.5) is 11.4 Å². The molecule has 6 heteroatoms. The minimum atomic E-state index is -3.50. The molecule has 1 aliphatic rings. The van der Waals surface area contributed by atoms with Crippen molar-refractivity contribution in [3.63, 3.8) is 0 Å². The number of nitrogen functional groups attached to an aromatic ring is 1. The summed E-state index contributed by atoms with van der Waals surface area (Å²) < 4.78 is 25.9. The molecular formula is C14H23N3O2S. The van der Waals surface area contributed by atoms with E-state index in [9.17, 15) is 8.42 Å². The Morgan fingerprint density at radius 2 is 2.05 bits per heavy atom. The molecule has 0 aromatic heterocycles. The molecule has 0 saturated heterocycles. The van der Waals surface area contributed by atoms with E-state index in [-0.39, 0.29) is 4.90 Å². The molecule has 0 spiro atoms. The Hall–Kier alpha value is -1.27. The van der Waals surface area contributed by atoms with Crippen molar-refractivity contribution in [2.24, 2.45) is 5.92 Å². The van der Waals surface area contributed by atoms with Gasteiger partial charge in [0.15, 0.2) is 0 Å². The second-order valence-corrected chi connectivity index (χ2v) is 7.47. The van der Waals surface area contributed by atoms with Gasteiger partial charge in [-0.3, -0.25) is 0 Å². The second kappa shape index (κ2) is 5.61. The largest absolute Gasteiger partial charge is 0.398 e. The average Bonchev–Trinajstić information content (AvgIpc) is 3.19. The Bertz CT molecular complexity index is 580. The first-order chi connectivity index (χ1) is 9.35. The lowest BCUT2D eigenvalue weighted by atomic mass is 10.2. The van der Waals surface area contributed by atoms with Crippen molar-refractivity contribution in [3.8, 4) is 0 Å². The van der Waals surface area contributed by atoms with E-state index in [1.165, 1.54) is 19.9 Å². The lowest BCUT2D eigenvalue weighted by Crippen LogP contribution is -2.32. The second-order valence-electron chi connectivity index (χ2n) is 5.62. The lowest BCUT2D eigenvalue weighted by Gasteiger charge is -2.29. The highest BCUT2D eigenvalue weighted by molar-refractivity contribution is 7.89. The van der Waals surface area contributed by atoms with Crippen LogP contribution in [0, 0.1) is 5.92 Å². The maximum absolute atomic E-state index is 11.8. The molecule has 1 aromatic carbocycles. The van der Waals surface area contributed by atoms with Gasteiger partial charge in [-0.2, -0.15) is 0 Å². The zero-order valence-electron chi connectivity index (χ0n) is 12.3. The standard InChI is InChI=1S/C14H23N3O2S/c1-10(2)17(9-11-4-5-11)12-6-7-14(13(15)8-12)20(18,19)16-3/h6-8,10-11,16H,4-5,9,15H2,1-3H3. The van der Waals surface area contributed by atoms with Crippen LogP contribution in [0.5, 0.6) is 0 Å². The number of nitrogens with one attached hydrogen (secondary N) is 1. The molecule has 20 heavy (non-hydrogen) atoms. The molecule has 0 radical (unpaired) electrons. The molecule has 0 bridgehead atoms. The minimum Gasteiger partial charge on any atom is -0.398 e. The van der Waals surface area contributed by atoms with Crippen molar-refractivity contribution in [2.75, 3.05) is 24.2 Å². The molecule has 1 aromatic rings. The minimum absolute atomic E-state index is 0.138. The number of sulfonamides is 1. The molecule has 3 N–H and O–H groups in total. The maximum Gasteiger partial charge on any atom is 0.242 e. The third-order valence-electron chi connectivity index (χ3n) is 3.66. The van der Waals surface area contributed by atoms with Crippen LogP contribution >= 0.6 is 0 Å². The number of nitrogens with zero attached hydrogens (tertiary/aromatic N) is 1. The normalized spacial score (nSPS) is 15.6. The molecular weight excluding hydrogens is 274 g/mol. The quantitative estimate of drug-likeness (QED) is 0.785. The molecule has 0 unspecified atom stereocenters. The molecule has 112 valence electrons. The molecule has 0 amide bonds. The summed E-state index contributed by atoms with van der Waals surface area (Å²) in [7, 11) is -2.11. The van der Waals surface area contributed by atoms with Crippen molar-refractivity contribution in [2.45, 2.75) is 37.6 Å². The predicted octanol–water partition coefficient (Wildman–Crippen LogP) is 1.80. The van der Waals surface area contributed by atoms with E-state index < -0.39 is 10.0 Å². The third kappa shape index (κ3) is 3.24. The van der Waals surface area contributed by atoms with Crippen molar-refractivity contribution in [3.05, 3.63) is 18.2 Å². The van der Waals surface area contributed by atoms with Crippen LogP contribution in [0.15, 0.2) is 23.1 Å². The molecule has 1 saturated carbocycles. The van der Waals surface area contributed by atoms with Gasteiger partial charge in [0, 0.05) is 18.3 Å². The first kappa shape index (κ1) is 15.1. The summed E-state index contributed by atoms with van der Waals surface area (Å²) in [6.07, 6.45) is 2.57. The van der Waals surface area contributed by atoms with Crippen LogP contribution in [-0.2, 0) is 10.0 Å². The van der Waals surface area contributed by atoms with E-state index in [2.05, 4.69) is 23.5 Å². The first-order valence-electron chi connectivity index (χ1n) is 6.95. The number of nitrogens with two attached hydrogens (primary N) is 1. The van der Waals surface area contributed by atoms with Gasteiger partial charge in [0.05, 0.1) is 5.69 Å². The molecule has 0 atom stereocenters. The Kier molecular flexibility index (Phi) is 4.25. The topological polar surface area (TPSA) is 75.4 Å². The van der Waals surface area contributed by atoms with Crippen LogP contribution in [-0.4, -0.2) is 28.1 Å². The van der Waals surface area contributed by atoms with Crippen molar-refractivity contribution < 1.29 is 8.42 Å². The summed E-state index contributed by atoms with van der Waals surface area (Å²) in [5.41, 5.74) is 7.20. The van der Waals surface area contributed by atoms with Gasteiger partial charge < -0.3 is 10.6 Å². The van der Waals surface area contributed by atoms with Crippen molar-refractivity contribution >= 4 is 21.4 Å². The summed E-state index contributed by atoms with van der Waals surface area (Å²) in [6.45, 7) is 5.28. The summed E-state index contributed by atoms with van der Waals surface area (Å²) in [5.74, 6) is 0.763. The molecule has 2 rings (SSSR count). The summed E-state index contributed by atoms with van der Waals surface area (Å²) >= 11 is 0. The van der Waals surface area contributed by atoms with Crippen LogP contribution in [0.2, 0.25) is 0 Å². The predicted molar refractivity (Wildman–Crippen MR) is 82.3 cm³/mol. The van der Waals surface area contributed by atoms with Gasteiger partial charge >= 0.3 is 0 Å². The molecule has 5 nitrogen and oxygen atoms in total. The molecule has 1 fully saturated rings. The maximum atomic E-state index is 11.8. The van der Waals surface area contributed by atoms with Crippen LogP contribution in [0.25, 0.3) is 0 Å². The fourth-order valence-corrected chi connectivity index (χ4v) is 3.10. The van der Waals surface area contributed by atoms with Gasteiger partial charge in [-0.25, -0.2) is 13.1 Å². The fraction of sp³-hybridized carbons (Fsp3) is 0.571. The van der Waals surface area contributed by atoms with Gasteiger partial charge in [0.1, 0.15) is 4.90 Å². The van der Waals surface area contributed by atoms with Crippen LogP contribution in [0.1, 0.15) is 26.7 Å². The summed E-state index contributed by atoms with van der Waals surface area (Å²) in [5, 5.41) is 0. The SMILES string of the molecule is CNS(=O)(=O)c1ccc(N(CC2CC2)C(C)C)cc1N. The number of hydrogen-bond acceptors (Lipinski definition) is 4. The summed E-state index contributed by atoms with van der Waals surface area (Å²) in [6, 6.07) is 5.54.